The van der Waals surface area contributed by atoms with E-state index in [-0.39, 0.29) is 35.2 Å². The summed E-state index contributed by atoms with van der Waals surface area (Å²) in [6.07, 6.45) is -3.10. The predicted molar refractivity (Wildman–Crippen MR) is 95.8 cm³/mol. The van der Waals surface area contributed by atoms with Gasteiger partial charge in [-0.15, -0.1) is 0 Å². The summed E-state index contributed by atoms with van der Waals surface area (Å²) in [4.78, 5) is 38.1. The second-order valence-electron chi connectivity index (χ2n) is 6.35. The Hall–Kier alpha value is -3.28. The molecule has 0 bridgehead atoms. The van der Waals surface area contributed by atoms with Crippen LogP contribution in [0.25, 0.3) is 0 Å². The van der Waals surface area contributed by atoms with Gasteiger partial charge in [-0.2, -0.15) is 13.2 Å². The summed E-state index contributed by atoms with van der Waals surface area (Å²) in [5.41, 5.74) is 3.58. The van der Waals surface area contributed by atoms with Crippen LogP contribution in [-0.2, 0) is 26.9 Å². The van der Waals surface area contributed by atoms with Crippen molar-refractivity contribution in [2.45, 2.75) is 31.7 Å². The number of hydrogen-bond acceptors (Lipinski definition) is 8. The van der Waals surface area contributed by atoms with Gasteiger partial charge in [-0.1, -0.05) is 0 Å². The lowest BCUT2D eigenvalue weighted by Gasteiger charge is -2.22. The van der Waals surface area contributed by atoms with Crippen molar-refractivity contribution in [1.29, 1.82) is 0 Å². The van der Waals surface area contributed by atoms with Crippen LogP contribution in [0, 0.1) is 10.1 Å². The summed E-state index contributed by atoms with van der Waals surface area (Å²) in [7, 11) is 1.04. The molecule has 0 amide bonds. The van der Waals surface area contributed by atoms with Crippen LogP contribution in [0.2, 0.25) is 0 Å². The average molecular weight is 429 g/mol. The van der Waals surface area contributed by atoms with Gasteiger partial charge < -0.3 is 15.2 Å². The molecule has 0 saturated carbocycles. The van der Waals surface area contributed by atoms with Crippen molar-refractivity contribution in [2.75, 3.05) is 13.7 Å². The van der Waals surface area contributed by atoms with E-state index in [1.165, 1.54) is 6.92 Å². The van der Waals surface area contributed by atoms with E-state index < -0.39 is 40.9 Å². The number of nitro groups is 1. The lowest BCUT2D eigenvalue weighted by Crippen LogP contribution is -2.33. The third-order valence-electron chi connectivity index (χ3n) is 4.29. The normalized spacial score (nSPS) is 18.9. The molecule has 1 aromatic rings. The van der Waals surface area contributed by atoms with Crippen LogP contribution in [0.3, 0.4) is 0 Å². The standard InChI is InChI=1S/C18H18F3N3O6/c1-9-5-13(24(27)28)12(17(26)29-2)7-14(9)30-16(25)11-6-10(3-4-22)15(23-8-11)18(19,20)21/h5-8,13-14H,3-4,22H2,1-2H3. The maximum Gasteiger partial charge on any atom is 0.433 e. The van der Waals surface area contributed by atoms with Crippen molar-refractivity contribution in [3.63, 3.8) is 0 Å². The molecule has 2 unspecified atom stereocenters. The summed E-state index contributed by atoms with van der Waals surface area (Å²) in [5, 5.41) is 11.2. The first-order valence-corrected chi connectivity index (χ1v) is 8.58. The number of methoxy groups -OCH3 is 1. The van der Waals surface area contributed by atoms with Gasteiger partial charge in [0, 0.05) is 11.1 Å². The number of hydrogen-bond donors (Lipinski definition) is 1. The molecule has 0 aliphatic heterocycles. The molecule has 9 nitrogen and oxygen atoms in total. The highest BCUT2D eigenvalue weighted by Gasteiger charge is 2.37. The highest BCUT2D eigenvalue weighted by Crippen LogP contribution is 2.31. The lowest BCUT2D eigenvalue weighted by molar-refractivity contribution is -0.499. The summed E-state index contributed by atoms with van der Waals surface area (Å²) in [6.45, 7) is 1.35. The first kappa shape index (κ1) is 23.0. The Morgan fingerprint density at radius 3 is 2.50 bits per heavy atom. The first-order valence-electron chi connectivity index (χ1n) is 8.58. The number of alkyl halides is 3. The maximum atomic E-state index is 13.0. The molecule has 2 atom stereocenters. The van der Waals surface area contributed by atoms with Crippen LogP contribution in [-0.4, -0.2) is 47.6 Å². The molecule has 1 heterocycles. The molecule has 1 aliphatic rings. The Bertz CT molecular complexity index is 926. The lowest BCUT2D eigenvalue weighted by atomic mass is 9.94. The molecule has 0 aromatic carbocycles. The summed E-state index contributed by atoms with van der Waals surface area (Å²) >= 11 is 0. The van der Waals surface area contributed by atoms with Crippen molar-refractivity contribution in [1.82, 2.24) is 4.98 Å². The summed E-state index contributed by atoms with van der Waals surface area (Å²) in [5.74, 6) is -1.99. The van der Waals surface area contributed by atoms with Gasteiger partial charge in [-0.25, -0.2) is 9.59 Å². The fourth-order valence-electron chi connectivity index (χ4n) is 2.84. The fourth-order valence-corrected chi connectivity index (χ4v) is 2.84. The molecule has 1 aliphatic carbocycles. The van der Waals surface area contributed by atoms with Crippen LogP contribution >= 0.6 is 0 Å². The molecule has 0 fully saturated rings. The van der Waals surface area contributed by atoms with Gasteiger partial charge in [0.25, 0.3) is 6.04 Å². The second-order valence-corrected chi connectivity index (χ2v) is 6.35. The van der Waals surface area contributed by atoms with Gasteiger partial charge in [0.05, 0.1) is 12.7 Å². The quantitative estimate of drug-likeness (QED) is 0.313. The van der Waals surface area contributed by atoms with Crippen LogP contribution in [0.4, 0.5) is 13.2 Å². The minimum Gasteiger partial charge on any atom is -0.465 e. The number of carbonyl (C=O) groups is 2. The number of halogens is 3. The van der Waals surface area contributed by atoms with E-state index in [1.54, 1.807) is 0 Å². The molecule has 2 rings (SSSR count). The van der Waals surface area contributed by atoms with Crippen molar-refractivity contribution < 1.29 is 37.2 Å². The summed E-state index contributed by atoms with van der Waals surface area (Å²) < 4.78 is 48.9. The van der Waals surface area contributed by atoms with Crippen LogP contribution in [0.1, 0.15) is 28.5 Å². The first-order chi connectivity index (χ1) is 14.0. The average Bonchev–Trinajstić information content (AvgIpc) is 2.67. The minimum absolute atomic E-state index is 0.0960. The Morgan fingerprint density at radius 1 is 1.30 bits per heavy atom. The van der Waals surface area contributed by atoms with E-state index in [0.717, 1.165) is 31.5 Å². The number of pyridine rings is 1. The van der Waals surface area contributed by atoms with Crippen molar-refractivity contribution >= 4 is 11.9 Å². The molecule has 0 saturated heterocycles. The van der Waals surface area contributed by atoms with E-state index >= 15 is 0 Å². The molecule has 0 spiro atoms. The monoisotopic (exact) mass is 429 g/mol. The SMILES string of the molecule is COC(=O)C1=CC(OC(=O)c2cnc(C(F)(F)F)c(CCN)c2)C(C)=CC1[N+](=O)[O-]. The Morgan fingerprint density at radius 2 is 1.97 bits per heavy atom. The number of rotatable bonds is 6. The Kier molecular flexibility index (Phi) is 6.92. The topological polar surface area (TPSA) is 135 Å². The van der Waals surface area contributed by atoms with Gasteiger partial charge in [-0.05, 0) is 49.2 Å². The van der Waals surface area contributed by atoms with Gasteiger partial charge >= 0.3 is 18.1 Å². The summed E-state index contributed by atoms with van der Waals surface area (Å²) in [6, 6.07) is -0.492. The van der Waals surface area contributed by atoms with Gasteiger partial charge in [0.1, 0.15) is 17.4 Å². The third kappa shape index (κ3) is 5.00. The van der Waals surface area contributed by atoms with Gasteiger partial charge in [-0.3, -0.25) is 15.1 Å². The molecule has 162 valence electrons. The van der Waals surface area contributed by atoms with E-state index in [9.17, 15) is 32.9 Å². The highest BCUT2D eigenvalue weighted by atomic mass is 19.4. The number of aromatic nitrogens is 1. The number of carbonyl (C=O) groups excluding carboxylic acids is 2. The van der Waals surface area contributed by atoms with Crippen molar-refractivity contribution in [3.05, 3.63) is 62.5 Å². The number of nitrogens with zero attached hydrogens (tertiary/aromatic N) is 2. The zero-order chi connectivity index (χ0) is 22.6. The smallest absolute Gasteiger partial charge is 0.433 e. The number of nitrogens with two attached hydrogens (primary N) is 1. The molecule has 2 N–H and O–H groups in total. The minimum atomic E-state index is -4.72. The van der Waals surface area contributed by atoms with E-state index in [1.807, 2.05) is 0 Å². The van der Waals surface area contributed by atoms with E-state index in [2.05, 4.69) is 9.72 Å². The van der Waals surface area contributed by atoms with Crippen LogP contribution in [0.15, 0.2) is 35.6 Å². The Balaban J connectivity index is 2.33. The van der Waals surface area contributed by atoms with E-state index in [0.29, 0.717) is 0 Å². The molecule has 1 aromatic heterocycles. The van der Waals surface area contributed by atoms with Crippen molar-refractivity contribution in [2.24, 2.45) is 5.73 Å². The van der Waals surface area contributed by atoms with Crippen LogP contribution in [0.5, 0.6) is 0 Å². The number of ether oxygens (including phenoxy) is 2. The maximum absolute atomic E-state index is 13.0. The van der Waals surface area contributed by atoms with Crippen molar-refractivity contribution in [3.8, 4) is 0 Å². The van der Waals surface area contributed by atoms with Gasteiger partial charge in [0.2, 0.25) is 0 Å². The third-order valence-corrected chi connectivity index (χ3v) is 4.29. The van der Waals surface area contributed by atoms with Gasteiger partial charge in [0.15, 0.2) is 0 Å². The van der Waals surface area contributed by atoms with E-state index in [4.69, 9.17) is 10.5 Å². The zero-order valence-electron chi connectivity index (χ0n) is 15.9. The largest absolute Gasteiger partial charge is 0.465 e. The predicted octanol–water partition coefficient (Wildman–Crippen LogP) is 1.83. The fraction of sp³-hybridized carbons (Fsp3) is 0.389. The molecule has 12 heteroatoms. The zero-order valence-corrected chi connectivity index (χ0v) is 15.9. The van der Waals surface area contributed by atoms with Crippen LogP contribution < -0.4 is 5.73 Å². The molecule has 30 heavy (non-hydrogen) atoms. The number of esters is 2. The highest BCUT2D eigenvalue weighted by molar-refractivity contribution is 5.92. The molecular weight excluding hydrogens is 411 g/mol. The second kappa shape index (κ2) is 9.03. The molecular formula is C18H18F3N3O6. The Labute approximate surface area is 168 Å². The molecule has 0 radical (unpaired) electrons.